The van der Waals surface area contributed by atoms with Crippen LogP contribution < -0.4 is 21.5 Å². The van der Waals surface area contributed by atoms with E-state index in [0.29, 0.717) is 17.7 Å². The minimum absolute atomic E-state index is 0.0390. The SMILES string of the molecule is CCC(=O)Nc1ccc(C(=O)NNC(=S)NC(=O)C=Cc2ccccc2)cc1. The Kier molecular flexibility index (Phi) is 7.86. The van der Waals surface area contributed by atoms with E-state index in [1.165, 1.54) is 6.08 Å². The van der Waals surface area contributed by atoms with Crippen molar-refractivity contribution < 1.29 is 14.4 Å². The molecule has 0 aliphatic carbocycles. The first-order valence-corrected chi connectivity index (χ1v) is 8.93. The van der Waals surface area contributed by atoms with Crippen molar-refractivity contribution >= 4 is 46.8 Å². The second-order valence-electron chi connectivity index (χ2n) is 5.62. The summed E-state index contributed by atoms with van der Waals surface area (Å²) in [5, 5.41) is 5.08. The molecule has 0 bridgehead atoms. The summed E-state index contributed by atoms with van der Waals surface area (Å²) in [6, 6.07) is 15.7. The van der Waals surface area contributed by atoms with Gasteiger partial charge in [-0.1, -0.05) is 37.3 Å². The standard InChI is InChI=1S/C20H20N4O3S/c1-2-17(25)21-16-11-9-15(10-12-16)19(27)23-24-20(28)22-18(26)13-8-14-6-4-3-5-7-14/h3-13H,2H2,1H3,(H,21,25)(H,23,27)(H2,22,24,26,28). The van der Waals surface area contributed by atoms with Gasteiger partial charge in [-0.25, -0.2) is 0 Å². The van der Waals surface area contributed by atoms with Crippen molar-refractivity contribution in [3.05, 3.63) is 71.8 Å². The molecule has 0 fully saturated rings. The van der Waals surface area contributed by atoms with Crippen LogP contribution in [-0.2, 0) is 9.59 Å². The molecule has 28 heavy (non-hydrogen) atoms. The summed E-state index contributed by atoms with van der Waals surface area (Å²) >= 11 is 4.97. The molecular formula is C20H20N4O3S. The van der Waals surface area contributed by atoms with Crippen molar-refractivity contribution in [2.45, 2.75) is 13.3 Å². The van der Waals surface area contributed by atoms with Gasteiger partial charge in [-0.15, -0.1) is 0 Å². The van der Waals surface area contributed by atoms with Crippen LogP contribution in [0.1, 0.15) is 29.3 Å². The summed E-state index contributed by atoms with van der Waals surface area (Å²) in [6.45, 7) is 1.75. The molecular weight excluding hydrogens is 376 g/mol. The number of nitrogens with one attached hydrogen (secondary N) is 4. The molecule has 144 valence electrons. The highest BCUT2D eigenvalue weighted by Crippen LogP contribution is 2.09. The molecule has 0 radical (unpaired) electrons. The van der Waals surface area contributed by atoms with Crippen LogP contribution in [-0.4, -0.2) is 22.8 Å². The maximum absolute atomic E-state index is 12.1. The van der Waals surface area contributed by atoms with Gasteiger partial charge in [0.25, 0.3) is 5.91 Å². The molecule has 7 nitrogen and oxygen atoms in total. The highest BCUT2D eigenvalue weighted by Gasteiger charge is 2.07. The predicted octanol–water partition coefficient (Wildman–Crippen LogP) is 2.38. The van der Waals surface area contributed by atoms with Crippen molar-refractivity contribution in [2.24, 2.45) is 0 Å². The molecule has 3 amide bonds. The van der Waals surface area contributed by atoms with Gasteiger partial charge in [0.15, 0.2) is 5.11 Å². The summed E-state index contributed by atoms with van der Waals surface area (Å²) in [4.78, 5) is 35.2. The summed E-state index contributed by atoms with van der Waals surface area (Å²) < 4.78 is 0. The molecule has 0 saturated carbocycles. The Morgan fingerprint density at radius 2 is 1.64 bits per heavy atom. The summed E-state index contributed by atoms with van der Waals surface area (Å²) in [5.74, 6) is -0.974. The average Bonchev–Trinajstić information content (AvgIpc) is 2.71. The Labute approximate surface area is 168 Å². The Bertz CT molecular complexity index is 880. The fourth-order valence-electron chi connectivity index (χ4n) is 2.06. The van der Waals surface area contributed by atoms with Crippen molar-refractivity contribution in [3.63, 3.8) is 0 Å². The first-order valence-electron chi connectivity index (χ1n) is 8.52. The van der Waals surface area contributed by atoms with Crippen molar-refractivity contribution in [1.82, 2.24) is 16.2 Å². The van der Waals surface area contributed by atoms with E-state index in [4.69, 9.17) is 12.2 Å². The Hall–Kier alpha value is -3.52. The Balaban J connectivity index is 1.78. The third kappa shape index (κ3) is 7.00. The van der Waals surface area contributed by atoms with Crippen LogP contribution in [0.5, 0.6) is 0 Å². The van der Waals surface area contributed by atoms with Gasteiger partial charge >= 0.3 is 0 Å². The zero-order chi connectivity index (χ0) is 20.4. The molecule has 0 aromatic heterocycles. The first kappa shape index (κ1) is 20.8. The zero-order valence-corrected chi connectivity index (χ0v) is 16.0. The van der Waals surface area contributed by atoms with E-state index in [0.717, 1.165) is 5.56 Å². The van der Waals surface area contributed by atoms with Gasteiger partial charge in [-0.2, -0.15) is 0 Å². The predicted molar refractivity (Wildman–Crippen MR) is 112 cm³/mol. The number of anilines is 1. The van der Waals surface area contributed by atoms with Gasteiger partial charge < -0.3 is 5.32 Å². The highest BCUT2D eigenvalue weighted by atomic mass is 32.1. The van der Waals surface area contributed by atoms with Crippen LogP contribution in [0.25, 0.3) is 6.08 Å². The van der Waals surface area contributed by atoms with E-state index in [1.807, 2.05) is 30.3 Å². The van der Waals surface area contributed by atoms with Crippen LogP contribution in [0.2, 0.25) is 0 Å². The number of carbonyl (C=O) groups excluding carboxylic acids is 3. The maximum Gasteiger partial charge on any atom is 0.269 e. The lowest BCUT2D eigenvalue weighted by molar-refractivity contribution is -0.116. The quantitative estimate of drug-likeness (QED) is 0.353. The van der Waals surface area contributed by atoms with Crippen LogP contribution >= 0.6 is 12.2 Å². The molecule has 0 aliphatic rings. The minimum Gasteiger partial charge on any atom is -0.326 e. The second kappa shape index (κ2) is 10.6. The van der Waals surface area contributed by atoms with E-state index in [9.17, 15) is 14.4 Å². The lowest BCUT2D eigenvalue weighted by atomic mass is 10.2. The van der Waals surface area contributed by atoms with E-state index >= 15 is 0 Å². The third-order valence-corrected chi connectivity index (χ3v) is 3.71. The van der Waals surface area contributed by atoms with E-state index < -0.39 is 11.8 Å². The molecule has 2 rings (SSSR count). The fraction of sp³-hybridized carbons (Fsp3) is 0.100. The summed E-state index contributed by atoms with van der Waals surface area (Å²) in [7, 11) is 0. The smallest absolute Gasteiger partial charge is 0.269 e. The lowest BCUT2D eigenvalue weighted by Crippen LogP contribution is -2.48. The first-order chi connectivity index (χ1) is 13.5. The van der Waals surface area contributed by atoms with E-state index in [-0.39, 0.29) is 11.0 Å². The summed E-state index contributed by atoms with van der Waals surface area (Å²) in [5.41, 5.74) is 6.70. The highest BCUT2D eigenvalue weighted by molar-refractivity contribution is 7.80. The Morgan fingerprint density at radius 1 is 0.964 bits per heavy atom. The minimum atomic E-state index is -0.440. The number of hydrogen-bond donors (Lipinski definition) is 4. The third-order valence-electron chi connectivity index (χ3n) is 3.50. The van der Waals surface area contributed by atoms with Gasteiger partial charge in [0, 0.05) is 23.7 Å². The molecule has 2 aromatic carbocycles. The average molecular weight is 396 g/mol. The normalized spacial score (nSPS) is 10.2. The number of rotatable bonds is 5. The number of carbonyl (C=O) groups is 3. The molecule has 0 saturated heterocycles. The molecule has 0 spiro atoms. The maximum atomic E-state index is 12.1. The van der Waals surface area contributed by atoms with Gasteiger partial charge in [-0.05, 0) is 48.1 Å². The summed E-state index contributed by atoms with van der Waals surface area (Å²) in [6.07, 6.45) is 3.36. The number of amides is 3. The van der Waals surface area contributed by atoms with Gasteiger partial charge in [-0.3, -0.25) is 30.6 Å². The number of thiocarbonyl (C=S) groups is 1. The monoisotopic (exact) mass is 396 g/mol. The molecule has 4 N–H and O–H groups in total. The molecule has 0 heterocycles. The molecule has 8 heteroatoms. The van der Waals surface area contributed by atoms with Crippen LogP contribution in [0.3, 0.4) is 0 Å². The molecule has 0 atom stereocenters. The van der Waals surface area contributed by atoms with Crippen molar-refractivity contribution in [1.29, 1.82) is 0 Å². The Morgan fingerprint density at radius 3 is 2.29 bits per heavy atom. The van der Waals surface area contributed by atoms with E-state index in [2.05, 4.69) is 21.5 Å². The zero-order valence-electron chi connectivity index (χ0n) is 15.2. The largest absolute Gasteiger partial charge is 0.326 e. The van der Waals surface area contributed by atoms with Crippen molar-refractivity contribution in [3.8, 4) is 0 Å². The van der Waals surface area contributed by atoms with E-state index in [1.54, 1.807) is 37.3 Å². The fourth-order valence-corrected chi connectivity index (χ4v) is 2.21. The molecule has 2 aromatic rings. The lowest BCUT2D eigenvalue weighted by Gasteiger charge is -2.10. The van der Waals surface area contributed by atoms with Gasteiger partial charge in [0.1, 0.15) is 0 Å². The van der Waals surface area contributed by atoms with Crippen LogP contribution in [0.15, 0.2) is 60.7 Å². The number of hydrogen-bond acceptors (Lipinski definition) is 4. The topological polar surface area (TPSA) is 99.3 Å². The molecule has 0 unspecified atom stereocenters. The van der Waals surface area contributed by atoms with Gasteiger partial charge in [0.2, 0.25) is 11.8 Å². The van der Waals surface area contributed by atoms with Crippen molar-refractivity contribution in [2.75, 3.05) is 5.32 Å². The number of benzene rings is 2. The second-order valence-corrected chi connectivity index (χ2v) is 6.03. The van der Waals surface area contributed by atoms with Crippen LogP contribution in [0.4, 0.5) is 5.69 Å². The van der Waals surface area contributed by atoms with Gasteiger partial charge in [0.05, 0.1) is 0 Å². The number of hydrazine groups is 1. The van der Waals surface area contributed by atoms with Crippen LogP contribution in [0, 0.1) is 0 Å². The molecule has 0 aliphatic heterocycles.